The van der Waals surface area contributed by atoms with Crippen molar-refractivity contribution in [1.82, 2.24) is 9.80 Å². The van der Waals surface area contributed by atoms with Gasteiger partial charge in [0.25, 0.3) is 0 Å². The molecule has 0 radical (unpaired) electrons. The second-order valence-electron chi connectivity index (χ2n) is 7.27. The highest BCUT2D eigenvalue weighted by Crippen LogP contribution is 2.32. The molecule has 2 aromatic rings. The molecule has 160 valence electrons. The van der Waals surface area contributed by atoms with Gasteiger partial charge in [0.05, 0.1) is 12.1 Å². The molecule has 2 atom stereocenters. The van der Waals surface area contributed by atoms with Crippen molar-refractivity contribution in [3.63, 3.8) is 0 Å². The Morgan fingerprint density at radius 1 is 0.633 bits per heavy atom. The molecule has 2 fully saturated rings. The number of thioether (sulfide) groups is 2. The number of amidine groups is 2. The molecule has 4 heterocycles. The fraction of sp³-hybridized carbons (Fsp3) is 0.364. The number of nitrogens with zero attached hydrogens (tertiary/aromatic N) is 4. The van der Waals surface area contributed by atoms with Gasteiger partial charge in [0.2, 0.25) is 0 Å². The monoisotopic (exact) mass is 480 g/mol. The number of fused-ring (bicyclic) bond motifs is 2. The maximum absolute atomic E-state index is 4.73. The molecule has 6 rings (SSSR count). The van der Waals surface area contributed by atoms with Gasteiger partial charge in [-0.1, -0.05) is 84.2 Å². The van der Waals surface area contributed by atoms with E-state index in [1.54, 1.807) is 0 Å². The summed E-state index contributed by atoms with van der Waals surface area (Å²) in [6.45, 7) is 4.50. The van der Waals surface area contributed by atoms with Crippen LogP contribution in [-0.4, -0.2) is 57.8 Å². The molecule has 4 aliphatic rings. The zero-order valence-electron chi connectivity index (χ0n) is 16.6. The highest BCUT2D eigenvalue weighted by molar-refractivity contribution is 8.14. The number of hydrogen-bond donors (Lipinski definition) is 0. The maximum atomic E-state index is 4.73. The van der Waals surface area contributed by atoms with Gasteiger partial charge in [-0.25, -0.2) is 0 Å². The van der Waals surface area contributed by atoms with Crippen LogP contribution in [0.4, 0.5) is 0 Å². The van der Waals surface area contributed by atoms with Crippen molar-refractivity contribution in [2.45, 2.75) is 12.1 Å². The molecule has 4 aliphatic heterocycles. The lowest BCUT2D eigenvalue weighted by atomic mass is 10.1. The van der Waals surface area contributed by atoms with E-state index in [1.165, 1.54) is 46.1 Å². The molecular weight excluding hydrogens is 455 g/mol. The zero-order valence-corrected chi connectivity index (χ0v) is 19.9. The summed E-state index contributed by atoms with van der Waals surface area (Å²) >= 11 is 3.77. The molecule has 0 spiro atoms. The zero-order chi connectivity index (χ0) is 18.8. The van der Waals surface area contributed by atoms with Gasteiger partial charge in [-0.15, -0.1) is 24.8 Å². The van der Waals surface area contributed by atoms with Crippen LogP contribution in [0, 0.1) is 0 Å². The van der Waals surface area contributed by atoms with Crippen LogP contribution in [-0.2, 0) is 0 Å². The van der Waals surface area contributed by atoms with E-state index < -0.39 is 0 Å². The third-order valence-electron chi connectivity index (χ3n) is 5.41. The van der Waals surface area contributed by atoms with Gasteiger partial charge in [-0.3, -0.25) is 9.98 Å². The van der Waals surface area contributed by atoms with Crippen LogP contribution in [0.2, 0.25) is 0 Å². The third kappa shape index (κ3) is 5.10. The van der Waals surface area contributed by atoms with Gasteiger partial charge in [0, 0.05) is 37.7 Å². The van der Waals surface area contributed by atoms with Crippen LogP contribution < -0.4 is 0 Å². The topological polar surface area (TPSA) is 31.2 Å². The van der Waals surface area contributed by atoms with Crippen LogP contribution in [0.3, 0.4) is 0 Å². The van der Waals surface area contributed by atoms with Gasteiger partial charge in [0.1, 0.15) is 0 Å². The van der Waals surface area contributed by atoms with Gasteiger partial charge in [0.15, 0.2) is 10.3 Å². The third-order valence-corrected chi connectivity index (χ3v) is 7.43. The minimum Gasteiger partial charge on any atom is -0.348 e. The van der Waals surface area contributed by atoms with Gasteiger partial charge < -0.3 is 9.80 Å². The summed E-state index contributed by atoms with van der Waals surface area (Å²) in [7, 11) is 0. The Morgan fingerprint density at radius 3 is 1.40 bits per heavy atom. The Labute approximate surface area is 199 Å². The van der Waals surface area contributed by atoms with Crippen molar-refractivity contribution in [2.24, 2.45) is 9.98 Å². The summed E-state index contributed by atoms with van der Waals surface area (Å²) in [6, 6.07) is 21.9. The standard InChI is InChI=1S/2C11H12N2S.2ClH/c2*1-2-4-9(5-3-1)10-8-13-6-7-14-11(13)12-10;;/h2*1-5,10H,6-8H2;2*1H/t2*10-;;/m11../s1. The van der Waals surface area contributed by atoms with Crippen LogP contribution in [0.5, 0.6) is 0 Å². The lowest BCUT2D eigenvalue weighted by Gasteiger charge is -2.12. The van der Waals surface area contributed by atoms with Crippen LogP contribution in [0.15, 0.2) is 70.6 Å². The Kier molecular flexibility index (Phi) is 8.40. The highest BCUT2D eigenvalue weighted by atomic mass is 35.5. The van der Waals surface area contributed by atoms with E-state index >= 15 is 0 Å². The molecule has 0 amide bonds. The number of aliphatic imine (C=N–C) groups is 2. The molecule has 30 heavy (non-hydrogen) atoms. The number of benzene rings is 2. The van der Waals surface area contributed by atoms with E-state index in [-0.39, 0.29) is 24.8 Å². The molecule has 0 N–H and O–H groups in total. The van der Waals surface area contributed by atoms with E-state index in [2.05, 4.69) is 70.5 Å². The summed E-state index contributed by atoms with van der Waals surface area (Å²) in [5.74, 6) is 2.42. The number of hydrogen-bond acceptors (Lipinski definition) is 6. The molecule has 8 heteroatoms. The quantitative estimate of drug-likeness (QED) is 0.595. The van der Waals surface area contributed by atoms with Crippen molar-refractivity contribution >= 4 is 58.7 Å². The molecule has 0 aliphatic carbocycles. The summed E-state index contributed by atoms with van der Waals surface area (Å²) < 4.78 is 0. The summed E-state index contributed by atoms with van der Waals surface area (Å²) in [6.07, 6.45) is 0. The molecule has 2 aromatic carbocycles. The summed E-state index contributed by atoms with van der Waals surface area (Å²) in [5, 5.41) is 2.50. The fourth-order valence-corrected chi connectivity index (χ4v) is 6.01. The fourth-order valence-electron chi connectivity index (χ4n) is 3.92. The second kappa shape index (κ2) is 10.8. The minimum atomic E-state index is 0. The summed E-state index contributed by atoms with van der Waals surface area (Å²) in [4.78, 5) is 14.2. The molecule has 0 unspecified atom stereocenters. The predicted octanol–water partition coefficient (Wildman–Crippen LogP) is 5.14. The predicted molar refractivity (Wildman–Crippen MR) is 136 cm³/mol. The second-order valence-corrected chi connectivity index (χ2v) is 9.39. The Balaban J connectivity index is 0.000000160. The van der Waals surface area contributed by atoms with E-state index in [4.69, 9.17) is 9.98 Å². The van der Waals surface area contributed by atoms with Crippen LogP contribution in [0.25, 0.3) is 0 Å². The first-order valence-corrected chi connectivity index (χ1v) is 11.8. The van der Waals surface area contributed by atoms with Gasteiger partial charge in [-0.05, 0) is 11.1 Å². The van der Waals surface area contributed by atoms with E-state index in [0.717, 1.165) is 13.1 Å². The van der Waals surface area contributed by atoms with Crippen molar-refractivity contribution in [1.29, 1.82) is 0 Å². The van der Waals surface area contributed by atoms with Crippen molar-refractivity contribution in [2.75, 3.05) is 37.7 Å². The highest BCUT2D eigenvalue weighted by Gasteiger charge is 2.30. The van der Waals surface area contributed by atoms with Crippen molar-refractivity contribution in [3.05, 3.63) is 71.8 Å². The molecule has 0 bridgehead atoms. The summed E-state index contributed by atoms with van der Waals surface area (Å²) in [5.41, 5.74) is 2.69. The first-order chi connectivity index (χ1) is 13.9. The van der Waals surface area contributed by atoms with E-state index in [9.17, 15) is 0 Å². The van der Waals surface area contributed by atoms with E-state index in [0.29, 0.717) is 12.1 Å². The normalized spacial score (nSPS) is 23.3. The molecule has 0 aromatic heterocycles. The Hall–Kier alpha value is -1.34. The smallest absolute Gasteiger partial charge is 0.160 e. The molecule has 0 saturated carbocycles. The lowest BCUT2D eigenvalue weighted by Crippen LogP contribution is -2.21. The first kappa shape index (κ1) is 23.3. The number of rotatable bonds is 2. The average Bonchev–Trinajstić information content (AvgIpc) is 3.50. The Morgan fingerprint density at radius 2 is 1.03 bits per heavy atom. The lowest BCUT2D eigenvalue weighted by molar-refractivity contribution is 0.464. The van der Waals surface area contributed by atoms with Crippen LogP contribution in [0.1, 0.15) is 23.2 Å². The molecule has 2 saturated heterocycles. The first-order valence-electron chi connectivity index (χ1n) is 9.88. The largest absolute Gasteiger partial charge is 0.348 e. The van der Waals surface area contributed by atoms with Gasteiger partial charge in [-0.2, -0.15) is 0 Å². The maximum Gasteiger partial charge on any atom is 0.160 e. The van der Waals surface area contributed by atoms with Crippen molar-refractivity contribution in [3.8, 4) is 0 Å². The Bertz CT molecular complexity index is 806. The van der Waals surface area contributed by atoms with E-state index in [1.807, 2.05) is 23.5 Å². The molecule has 4 nitrogen and oxygen atoms in total. The van der Waals surface area contributed by atoms with Gasteiger partial charge >= 0.3 is 0 Å². The number of halogens is 2. The van der Waals surface area contributed by atoms with Crippen LogP contribution >= 0.6 is 48.3 Å². The average molecular weight is 482 g/mol. The molecular formula is C22H26Cl2N4S2. The van der Waals surface area contributed by atoms with Crippen molar-refractivity contribution < 1.29 is 0 Å². The minimum absolute atomic E-state index is 0. The SMILES string of the molecule is Cl.Cl.c1ccc([C@H]2CN3CCSC3=N2)cc1.c1ccc([C@H]2CN3CCSC3=N2)cc1.